The molecule has 8 nitrogen and oxygen atoms in total. The molecule has 3 N–H and O–H groups in total. The molecule has 2 heterocycles. The van der Waals surface area contributed by atoms with E-state index in [4.69, 9.17) is 4.74 Å². The maximum Gasteiger partial charge on any atom is 0.240 e. The quantitative estimate of drug-likeness (QED) is 0.656. The van der Waals surface area contributed by atoms with Crippen molar-refractivity contribution in [3.05, 3.63) is 28.9 Å². The van der Waals surface area contributed by atoms with Crippen LogP contribution in [-0.2, 0) is 10.0 Å². The van der Waals surface area contributed by atoms with Crippen LogP contribution in [0.2, 0.25) is 0 Å². The van der Waals surface area contributed by atoms with Gasteiger partial charge in [-0.2, -0.15) is 4.98 Å². The molecule has 1 aromatic heterocycles. The summed E-state index contributed by atoms with van der Waals surface area (Å²) in [5.74, 6) is 1.45. The number of halogens is 1. The number of nitrogens with zero attached hydrogens (tertiary/aromatic N) is 2. The zero-order chi connectivity index (χ0) is 17.2. The highest BCUT2D eigenvalue weighted by Crippen LogP contribution is 2.30. The van der Waals surface area contributed by atoms with Crippen LogP contribution < -0.4 is 20.1 Å². The largest absolute Gasteiger partial charge is 0.495 e. The monoisotopic (exact) mass is 413 g/mol. The molecule has 0 saturated heterocycles. The molecule has 0 aliphatic carbocycles. The van der Waals surface area contributed by atoms with Crippen molar-refractivity contribution in [1.29, 1.82) is 0 Å². The maximum atomic E-state index is 12.4. The Morgan fingerprint density at radius 1 is 1.29 bits per heavy atom. The summed E-state index contributed by atoms with van der Waals surface area (Å²) in [5.41, 5.74) is 0.466. The summed E-state index contributed by atoms with van der Waals surface area (Å²) in [6.45, 7) is 0.887. The molecule has 0 unspecified atom stereocenters. The third-order valence-electron chi connectivity index (χ3n) is 3.41. The van der Waals surface area contributed by atoms with Crippen LogP contribution >= 0.6 is 15.9 Å². The third kappa shape index (κ3) is 3.60. The van der Waals surface area contributed by atoms with E-state index in [1.54, 1.807) is 12.3 Å². The lowest BCUT2D eigenvalue weighted by atomic mass is 10.3. The van der Waals surface area contributed by atoms with Gasteiger partial charge in [-0.3, -0.25) is 0 Å². The normalized spacial score (nSPS) is 16.6. The Morgan fingerprint density at radius 2 is 2.12 bits per heavy atom. The average molecular weight is 414 g/mol. The first kappa shape index (κ1) is 16.9. The molecule has 0 amide bonds. The highest BCUT2D eigenvalue weighted by molar-refractivity contribution is 9.10. The molecule has 0 spiro atoms. The fourth-order valence-electron chi connectivity index (χ4n) is 2.21. The molecule has 1 aliphatic rings. The van der Waals surface area contributed by atoms with Crippen LogP contribution in [0, 0.1) is 0 Å². The van der Waals surface area contributed by atoms with Gasteiger partial charge in [0.15, 0.2) is 0 Å². The SMILES string of the molecule is COc1ccc2cc1Nc1ncc(Br)c(n1)NCCCNS2(=O)=O. The molecule has 128 valence electrons. The molecule has 1 aliphatic heterocycles. The highest BCUT2D eigenvalue weighted by Gasteiger charge is 2.17. The van der Waals surface area contributed by atoms with Crippen molar-refractivity contribution < 1.29 is 13.2 Å². The van der Waals surface area contributed by atoms with E-state index < -0.39 is 10.0 Å². The van der Waals surface area contributed by atoms with Gasteiger partial charge >= 0.3 is 0 Å². The number of ether oxygens (including phenoxy) is 1. The number of nitrogens with one attached hydrogen (secondary N) is 3. The van der Waals surface area contributed by atoms with Gasteiger partial charge in [-0.05, 0) is 40.5 Å². The van der Waals surface area contributed by atoms with E-state index >= 15 is 0 Å². The fourth-order valence-corrected chi connectivity index (χ4v) is 3.64. The first-order chi connectivity index (χ1) is 11.5. The lowest BCUT2D eigenvalue weighted by Crippen LogP contribution is -2.26. The molecular weight excluding hydrogens is 398 g/mol. The van der Waals surface area contributed by atoms with Crippen LogP contribution in [0.3, 0.4) is 0 Å². The van der Waals surface area contributed by atoms with E-state index in [1.165, 1.54) is 19.2 Å². The second-order valence-corrected chi connectivity index (χ2v) is 7.68. The molecule has 0 radical (unpaired) electrons. The molecule has 24 heavy (non-hydrogen) atoms. The number of aromatic nitrogens is 2. The number of sulfonamides is 1. The van der Waals surface area contributed by atoms with E-state index in [1.807, 2.05) is 0 Å². The summed E-state index contributed by atoms with van der Waals surface area (Å²) < 4.78 is 33.3. The molecule has 0 fully saturated rings. The van der Waals surface area contributed by atoms with Gasteiger partial charge in [-0.1, -0.05) is 0 Å². The van der Waals surface area contributed by atoms with Crippen molar-refractivity contribution >= 4 is 43.4 Å². The standard InChI is InChI=1S/C14H16BrN5O3S/c1-23-12-4-3-9-7-11(12)19-14-17-8-10(15)13(20-14)16-5-2-6-18-24(9,21)22/h3-4,7-8,18H,2,5-6H2,1H3,(H2,16,17,19,20). The first-order valence-electron chi connectivity index (χ1n) is 7.21. The maximum absolute atomic E-state index is 12.4. The Balaban J connectivity index is 2.09. The zero-order valence-electron chi connectivity index (χ0n) is 12.8. The lowest BCUT2D eigenvalue weighted by Gasteiger charge is -2.13. The molecule has 0 atom stereocenters. The Hall–Kier alpha value is -1.91. The number of hydrogen-bond acceptors (Lipinski definition) is 7. The summed E-state index contributed by atoms with van der Waals surface area (Å²) in [6.07, 6.45) is 2.24. The summed E-state index contributed by atoms with van der Waals surface area (Å²) in [6, 6.07) is 4.59. The minimum atomic E-state index is -3.59. The molecular formula is C14H16BrN5O3S. The van der Waals surface area contributed by atoms with E-state index in [-0.39, 0.29) is 4.90 Å². The van der Waals surface area contributed by atoms with Crippen LogP contribution in [0.4, 0.5) is 17.5 Å². The molecule has 0 saturated carbocycles. The second-order valence-electron chi connectivity index (χ2n) is 5.06. The number of rotatable bonds is 1. The number of anilines is 3. The van der Waals surface area contributed by atoms with Gasteiger partial charge < -0.3 is 15.4 Å². The van der Waals surface area contributed by atoms with Crippen molar-refractivity contribution in [3.63, 3.8) is 0 Å². The predicted octanol–water partition coefficient (Wildman–Crippen LogP) is 2.09. The van der Waals surface area contributed by atoms with Gasteiger partial charge in [-0.15, -0.1) is 0 Å². The summed E-state index contributed by atoms with van der Waals surface area (Å²) in [7, 11) is -2.08. The highest BCUT2D eigenvalue weighted by atomic mass is 79.9. The Kier molecular flexibility index (Phi) is 4.88. The third-order valence-corrected chi connectivity index (χ3v) is 5.45. The molecule has 1 aromatic carbocycles. The Bertz CT molecular complexity index is 859. The van der Waals surface area contributed by atoms with Gasteiger partial charge in [0.2, 0.25) is 16.0 Å². The Morgan fingerprint density at radius 3 is 2.92 bits per heavy atom. The van der Waals surface area contributed by atoms with Crippen LogP contribution in [0.1, 0.15) is 6.42 Å². The van der Waals surface area contributed by atoms with Crippen LogP contribution in [-0.4, -0.2) is 38.6 Å². The fraction of sp³-hybridized carbons (Fsp3) is 0.286. The molecule has 2 aromatic rings. The van der Waals surface area contributed by atoms with Crippen molar-refractivity contribution in [2.45, 2.75) is 11.3 Å². The van der Waals surface area contributed by atoms with E-state index in [0.717, 1.165) is 4.47 Å². The molecule has 10 heteroatoms. The van der Waals surface area contributed by atoms with Crippen LogP contribution in [0.25, 0.3) is 0 Å². The predicted molar refractivity (Wildman–Crippen MR) is 94.3 cm³/mol. The average Bonchev–Trinajstić information content (AvgIpc) is 2.57. The topological polar surface area (TPSA) is 105 Å². The van der Waals surface area contributed by atoms with E-state index in [9.17, 15) is 8.42 Å². The van der Waals surface area contributed by atoms with Gasteiger partial charge in [0.25, 0.3) is 0 Å². The Labute approximate surface area is 148 Å². The van der Waals surface area contributed by atoms with Gasteiger partial charge in [-0.25, -0.2) is 18.1 Å². The summed E-state index contributed by atoms with van der Waals surface area (Å²) in [4.78, 5) is 8.74. The minimum absolute atomic E-state index is 0.148. The van der Waals surface area contributed by atoms with Crippen LogP contribution in [0.5, 0.6) is 5.75 Å². The van der Waals surface area contributed by atoms with Crippen molar-refractivity contribution in [3.8, 4) is 5.75 Å². The van der Waals surface area contributed by atoms with Crippen molar-refractivity contribution in [2.75, 3.05) is 30.8 Å². The first-order valence-corrected chi connectivity index (χ1v) is 9.48. The number of methoxy groups -OCH3 is 1. The molecule has 3 rings (SSSR count). The van der Waals surface area contributed by atoms with Crippen LogP contribution in [0.15, 0.2) is 33.8 Å². The zero-order valence-corrected chi connectivity index (χ0v) is 15.2. The van der Waals surface area contributed by atoms with E-state index in [2.05, 4.69) is 41.3 Å². The summed E-state index contributed by atoms with van der Waals surface area (Å²) >= 11 is 3.39. The van der Waals surface area contributed by atoms with Crippen molar-refractivity contribution in [1.82, 2.24) is 14.7 Å². The van der Waals surface area contributed by atoms with Crippen molar-refractivity contribution in [2.24, 2.45) is 0 Å². The number of hydrogen-bond donors (Lipinski definition) is 3. The van der Waals surface area contributed by atoms with E-state index in [0.29, 0.717) is 42.7 Å². The molecule has 4 bridgehead atoms. The van der Waals surface area contributed by atoms with Gasteiger partial charge in [0, 0.05) is 19.3 Å². The van der Waals surface area contributed by atoms with Gasteiger partial charge in [0.1, 0.15) is 11.6 Å². The number of benzene rings is 1. The minimum Gasteiger partial charge on any atom is -0.495 e. The second kappa shape index (κ2) is 6.91. The smallest absolute Gasteiger partial charge is 0.240 e. The number of fused-ring (bicyclic) bond motifs is 4. The summed E-state index contributed by atoms with van der Waals surface area (Å²) in [5, 5.41) is 6.16. The van der Waals surface area contributed by atoms with Gasteiger partial charge in [0.05, 0.1) is 22.2 Å². The lowest BCUT2D eigenvalue weighted by molar-refractivity contribution is 0.416.